The van der Waals surface area contributed by atoms with Gasteiger partial charge in [-0.05, 0) is 27.7 Å². The molecule has 0 spiro atoms. The van der Waals surface area contributed by atoms with Crippen molar-refractivity contribution in [2.45, 2.75) is 39.6 Å². The Morgan fingerprint density at radius 1 is 1.50 bits per heavy atom. The van der Waals surface area contributed by atoms with E-state index in [0.717, 1.165) is 22.8 Å². The van der Waals surface area contributed by atoms with Gasteiger partial charge in [-0.25, -0.2) is 0 Å². The molecule has 0 saturated carbocycles. The summed E-state index contributed by atoms with van der Waals surface area (Å²) in [6.07, 6.45) is -0.0489. The third kappa shape index (κ3) is 3.89. The number of thioether (sulfide) groups is 1. The molecule has 0 unspecified atom stereocenters. The molecule has 0 aliphatic rings. The van der Waals surface area contributed by atoms with Crippen molar-refractivity contribution >= 4 is 17.7 Å². The smallest absolute Gasteiger partial charge is 0.316 e. The quantitative estimate of drug-likeness (QED) is 0.744. The second kappa shape index (κ2) is 5.94. The highest BCUT2D eigenvalue weighted by molar-refractivity contribution is 7.99. The Morgan fingerprint density at radius 3 is 2.69 bits per heavy atom. The molecule has 0 radical (unpaired) electrons. The number of aryl methyl sites for hydroxylation is 2. The summed E-state index contributed by atoms with van der Waals surface area (Å²) in [5.74, 6) is 1.74. The number of aromatic nitrogens is 1. The maximum absolute atomic E-state index is 11.3. The molecule has 1 rings (SSSR count). The van der Waals surface area contributed by atoms with Crippen molar-refractivity contribution in [3.05, 3.63) is 17.0 Å². The van der Waals surface area contributed by atoms with E-state index in [0.29, 0.717) is 5.75 Å². The number of ether oxygens (including phenoxy) is 1. The fourth-order valence-electron chi connectivity index (χ4n) is 1.24. The van der Waals surface area contributed by atoms with Gasteiger partial charge in [0.05, 0.1) is 17.6 Å². The Bertz CT molecular complexity index is 341. The van der Waals surface area contributed by atoms with Crippen LogP contribution in [0.1, 0.15) is 30.9 Å². The maximum atomic E-state index is 11.3. The summed E-state index contributed by atoms with van der Waals surface area (Å²) in [6, 6.07) is 0. The second-order valence-electron chi connectivity index (χ2n) is 3.83. The highest BCUT2D eigenvalue weighted by Crippen LogP contribution is 2.19. The molecule has 0 N–H and O–H groups in total. The molecule has 4 nitrogen and oxygen atoms in total. The molecule has 1 heterocycles. The highest BCUT2D eigenvalue weighted by Gasteiger charge is 2.11. The SMILES string of the molecule is Cc1noc(C)c1CSCC(=O)OC(C)C. The van der Waals surface area contributed by atoms with E-state index in [4.69, 9.17) is 9.26 Å². The molecule has 1 aromatic heterocycles. The summed E-state index contributed by atoms with van der Waals surface area (Å²) < 4.78 is 10.1. The number of carbonyl (C=O) groups is 1. The van der Waals surface area contributed by atoms with E-state index in [-0.39, 0.29) is 12.1 Å². The molecular formula is C11H17NO3S. The fraction of sp³-hybridized carbons (Fsp3) is 0.636. The van der Waals surface area contributed by atoms with E-state index in [1.807, 2.05) is 27.7 Å². The summed E-state index contributed by atoms with van der Waals surface area (Å²) in [6.45, 7) is 7.47. The van der Waals surface area contributed by atoms with Crippen LogP contribution in [0.5, 0.6) is 0 Å². The predicted octanol–water partition coefficient (Wildman–Crippen LogP) is 2.48. The van der Waals surface area contributed by atoms with Gasteiger partial charge in [0.2, 0.25) is 0 Å². The van der Waals surface area contributed by atoms with Crippen LogP contribution in [0, 0.1) is 13.8 Å². The van der Waals surface area contributed by atoms with Gasteiger partial charge < -0.3 is 9.26 Å². The van der Waals surface area contributed by atoms with Gasteiger partial charge in [-0.1, -0.05) is 5.16 Å². The Balaban J connectivity index is 2.33. The van der Waals surface area contributed by atoms with Crippen LogP contribution in [0.15, 0.2) is 4.52 Å². The minimum Gasteiger partial charge on any atom is -0.462 e. The van der Waals surface area contributed by atoms with Crippen LogP contribution in [0.2, 0.25) is 0 Å². The first-order valence-electron chi connectivity index (χ1n) is 5.19. The van der Waals surface area contributed by atoms with Gasteiger partial charge >= 0.3 is 5.97 Å². The van der Waals surface area contributed by atoms with Crippen molar-refractivity contribution in [2.75, 3.05) is 5.75 Å². The van der Waals surface area contributed by atoms with Crippen molar-refractivity contribution in [3.63, 3.8) is 0 Å². The van der Waals surface area contributed by atoms with Crippen molar-refractivity contribution in [2.24, 2.45) is 0 Å². The minimum atomic E-state index is -0.174. The van der Waals surface area contributed by atoms with E-state index in [1.165, 1.54) is 11.8 Å². The first-order chi connectivity index (χ1) is 7.50. The Morgan fingerprint density at radius 2 is 2.19 bits per heavy atom. The van der Waals surface area contributed by atoms with E-state index >= 15 is 0 Å². The minimum absolute atomic E-state index is 0.0489. The van der Waals surface area contributed by atoms with Gasteiger partial charge in [0.15, 0.2) is 0 Å². The molecule has 1 aromatic rings. The molecular weight excluding hydrogens is 226 g/mol. The van der Waals surface area contributed by atoms with Gasteiger partial charge in [-0.15, -0.1) is 11.8 Å². The summed E-state index contributed by atoms with van der Waals surface area (Å²) >= 11 is 1.51. The molecule has 90 valence electrons. The molecule has 16 heavy (non-hydrogen) atoms. The Kier molecular flexibility index (Phi) is 4.86. The first kappa shape index (κ1) is 13.1. The average Bonchev–Trinajstić information content (AvgIpc) is 2.47. The zero-order chi connectivity index (χ0) is 12.1. The number of hydrogen-bond acceptors (Lipinski definition) is 5. The second-order valence-corrected chi connectivity index (χ2v) is 4.82. The van der Waals surface area contributed by atoms with Gasteiger partial charge in [0.1, 0.15) is 5.76 Å². The average molecular weight is 243 g/mol. The van der Waals surface area contributed by atoms with Crippen LogP contribution >= 0.6 is 11.8 Å². The van der Waals surface area contributed by atoms with Crippen LogP contribution in [0.4, 0.5) is 0 Å². The topological polar surface area (TPSA) is 52.3 Å². The van der Waals surface area contributed by atoms with Gasteiger partial charge in [0.25, 0.3) is 0 Å². The van der Waals surface area contributed by atoms with Crippen molar-refractivity contribution in [1.82, 2.24) is 5.16 Å². The van der Waals surface area contributed by atoms with Crippen molar-refractivity contribution < 1.29 is 14.1 Å². The number of esters is 1. The molecule has 0 bridgehead atoms. The predicted molar refractivity (Wildman–Crippen MR) is 63.4 cm³/mol. The Labute approximate surface area is 99.7 Å². The summed E-state index contributed by atoms with van der Waals surface area (Å²) in [5.41, 5.74) is 1.96. The van der Waals surface area contributed by atoms with Crippen LogP contribution in [0.25, 0.3) is 0 Å². The molecule has 0 fully saturated rings. The molecule has 0 aliphatic carbocycles. The maximum Gasteiger partial charge on any atom is 0.316 e. The van der Waals surface area contributed by atoms with E-state index < -0.39 is 0 Å². The lowest BCUT2D eigenvalue weighted by Gasteiger charge is -2.07. The van der Waals surface area contributed by atoms with Crippen molar-refractivity contribution in [1.29, 1.82) is 0 Å². The monoisotopic (exact) mass is 243 g/mol. The standard InChI is InChI=1S/C11H17NO3S/c1-7(2)14-11(13)6-16-5-10-8(3)12-15-9(10)4/h7H,5-6H2,1-4H3. The van der Waals surface area contributed by atoms with Crippen LogP contribution < -0.4 is 0 Å². The molecule has 0 aromatic carbocycles. The molecule has 0 saturated heterocycles. The zero-order valence-corrected chi connectivity index (χ0v) is 10.9. The lowest BCUT2D eigenvalue weighted by Crippen LogP contribution is -2.13. The fourth-order valence-corrected chi connectivity index (χ4v) is 2.19. The Hall–Kier alpha value is -0.970. The molecule has 5 heteroatoms. The number of nitrogens with zero attached hydrogens (tertiary/aromatic N) is 1. The lowest BCUT2D eigenvalue weighted by atomic mass is 10.2. The largest absolute Gasteiger partial charge is 0.462 e. The van der Waals surface area contributed by atoms with Gasteiger partial charge in [-0.2, -0.15) is 0 Å². The van der Waals surface area contributed by atoms with E-state index in [1.54, 1.807) is 0 Å². The van der Waals surface area contributed by atoms with E-state index in [2.05, 4.69) is 5.16 Å². The summed E-state index contributed by atoms with van der Waals surface area (Å²) in [5, 5.41) is 3.86. The van der Waals surface area contributed by atoms with Crippen molar-refractivity contribution in [3.8, 4) is 0 Å². The van der Waals surface area contributed by atoms with Gasteiger partial charge in [-0.3, -0.25) is 4.79 Å². The van der Waals surface area contributed by atoms with Gasteiger partial charge in [0, 0.05) is 11.3 Å². The molecule has 0 amide bonds. The first-order valence-corrected chi connectivity index (χ1v) is 6.35. The van der Waals surface area contributed by atoms with Crippen LogP contribution in [-0.4, -0.2) is 23.0 Å². The zero-order valence-electron chi connectivity index (χ0n) is 10.1. The normalized spacial score (nSPS) is 10.8. The van der Waals surface area contributed by atoms with Crippen LogP contribution in [0.3, 0.4) is 0 Å². The van der Waals surface area contributed by atoms with E-state index in [9.17, 15) is 4.79 Å². The number of rotatable bonds is 5. The molecule has 0 aliphatic heterocycles. The number of hydrogen-bond donors (Lipinski definition) is 0. The highest BCUT2D eigenvalue weighted by atomic mass is 32.2. The summed E-state index contributed by atoms with van der Waals surface area (Å²) in [7, 11) is 0. The summed E-state index contributed by atoms with van der Waals surface area (Å²) in [4.78, 5) is 11.3. The third-order valence-corrected chi connectivity index (χ3v) is 2.95. The number of carbonyl (C=O) groups excluding carboxylic acids is 1. The molecule has 0 atom stereocenters. The lowest BCUT2D eigenvalue weighted by molar-refractivity contribution is -0.144. The van der Waals surface area contributed by atoms with Crippen LogP contribution in [-0.2, 0) is 15.3 Å². The third-order valence-electron chi connectivity index (χ3n) is 2.01.